The first-order valence-corrected chi connectivity index (χ1v) is 7.19. The van der Waals surface area contributed by atoms with Gasteiger partial charge in [0.25, 0.3) is 0 Å². The lowest BCUT2D eigenvalue weighted by Gasteiger charge is -2.21. The van der Waals surface area contributed by atoms with E-state index < -0.39 is 0 Å². The van der Waals surface area contributed by atoms with Gasteiger partial charge in [-0.1, -0.05) is 0 Å². The average Bonchev–Trinajstić information content (AvgIpc) is 3.13. The first-order chi connectivity index (χ1) is 9.75. The standard InChI is InChI=1S/C15H20N4O/c1-11(15(20)19-7-2-3-8-19)17-9-12-10-18-14-13(12)5-4-6-16-14/h4-6,10-11,17H,2-3,7-9H2,1H3,(H,16,18). The van der Waals surface area contributed by atoms with Crippen molar-refractivity contribution in [3.05, 3.63) is 30.1 Å². The van der Waals surface area contributed by atoms with Crippen molar-refractivity contribution in [2.75, 3.05) is 13.1 Å². The van der Waals surface area contributed by atoms with Gasteiger partial charge in [0.1, 0.15) is 5.65 Å². The lowest BCUT2D eigenvalue weighted by atomic mass is 10.2. The third kappa shape index (κ3) is 2.54. The largest absolute Gasteiger partial charge is 0.346 e. The molecule has 5 nitrogen and oxygen atoms in total. The maximum atomic E-state index is 12.2. The summed E-state index contributed by atoms with van der Waals surface area (Å²) < 4.78 is 0. The molecule has 1 unspecified atom stereocenters. The molecule has 5 heteroatoms. The van der Waals surface area contributed by atoms with E-state index >= 15 is 0 Å². The minimum Gasteiger partial charge on any atom is -0.346 e. The van der Waals surface area contributed by atoms with Crippen molar-refractivity contribution in [2.24, 2.45) is 0 Å². The van der Waals surface area contributed by atoms with Crippen LogP contribution in [0.3, 0.4) is 0 Å². The zero-order valence-electron chi connectivity index (χ0n) is 11.7. The van der Waals surface area contributed by atoms with Crippen LogP contribution in [-0.2, 0) is 11.3 Å². The summed E-state index contributed by atoms with van der Waals surface area (Å²) in [6.07, 6.45) is 5.99. The Morgan fingerprint density at radius 1 is 1.50 bits per heavy atom. The molecule has 2 aromatic rings. The van der Waals surface area contributed by atoms with E-state index in [0.717, 1.165) is 42.5 Å². The Balaban J connectivity index is 1.62. The van der Waals surface area contributed by atoms with Crippen LogP contribution in [0, 0.1) is 0 Å². The highest BCUT2D eigenvalue weighted by Crippen LogP contribution is 2.15. The van der Waals surface area contributed by atoms with Gasteiger partial charge in [-0.3, -0.25) is 4.79 Å². The number of nitrogens with zero attached hydrogens (tertiary/aromatic N) is 2. The number of carbonyl (C=O) groups excluding carboxylic acids is 1. The molecule has 3 heterocycles. The number of carbonyl (C=O) groups is 1. The van der Waals surface area contributed by atoms with Crippen LogP contribution in [-0.4, -0.2) is 39.9 Å². The van der Waals surface area contributed by atoms with Crippen molar-refractivity contribution < 1.29 is 4.79 Å². The highest BCUT2D eigenvalue weighted by molar-refractivity contribution is 5.82. The number of rotatable bonds is 4. The number of likely N-dealkylation sites (tertiary alicyclic amines) is 1. The van der Waals surface area contributed by atoms with Gasteiger partial charge in [0.2, 0.25) is 5.91 Å². The predicted molar refractivity (Wildman–Crippen MR) is 78.2 cm³/mol. The van der Waals surface area contributed by atoms with Crippen molar-refractivity contribution in [2.45, 2.75) is 32.4 Å². The Morgan fingerprint density at radius 3 is 3.10 bits per heavy atom. The number of aromatic nitrogens is 2. The maximum absolute atomic E-state index is 12.2. The van der Waals surface area contributed by atoms with E-state index in [1.807, 2.05) is 30.2 Å². The molecule has 1 atom stereocenters. The lowest BCUT2D eigenvalue weighted by Crippen LogP contribution is -2.43. The van der Waals surface area contributed by atoms with Crippen LogP contribution in [0.15, 0.2) is 24.5 Å². The van der Waals surface area contributed by atoms with Crippen LogP contribution in [0.25, 0.3) is 11.0 Å². The fraction of sp³-hybridized carbons (Fsp3) is 0.467. The summed E-state index contributed by atoms with van der Waals surface area (Å²) in [6.45, 7) is 4.42. The summed E-state index contributed by atoms with van der Waals surface area (Å²) in [7, 11) is 0. The van der Waals surface area contributed by atoms with E-state index in [1.165, 1.54) is 0 Å². The number of H-pyrrole nitrogens is 1. The van der Waals surface area contributed by atoms with Crippen molar-refractivity contribution >= 4 is 16.9 Å². The summed E-state index contributed by atoms with van der Waals surface area (Å²) in [4.78, 5) is 21.6. The Labute approximate surface area is 118 Å². The summed E-state index contributed by atoms with van der Waals surface area (Å²) in [5.41, 5.74) is 2.04. The molecular formula is C15H20N4O. The Bertz CT molecular complexity index is 601. The Hall–Kier alpha value is -1.88. The minimum absolute atomic E-state index is 0.144. The normalized spacial score (nSPS) is 16.8. The number of amides is 1. The van der Waals surface area contributed by atoms with Crippen LogP contribution < -0.4 is 5.32 Å². The van der Waals surface area contributed by atoms with E-state index in [9.17, 15) is 4.79 Å². The number of pyridine rings is 1. The molecule has 2 aromatic heterocycles. The molecule has 0 aromatic carbocycles. The van der Waals surface area contributed by atoms with E-state index in [4.69, 9.17) is 0 Å². The molecule has 0 aliphatic carbocycles. The highest BCUT2D eigenvalue weighted by Gasteiger charge is 2.22. The van der Waals surface area contributed by atoms with Gasteiger partial charge in [-0.15, -0.1) is 0 Å². The number of aromatic amines is 1. The number of nitrogens with one attached hydrogen (secondary N) is 2. The van der Waals surface area contributed by atoms with Gasteiger partial charge >= 0.3 is 0 Å². The van der Waals surface area contributed by atoms with Gasteiger partial charge in [-0.05, 0) is 37.5 Å². The molecule has 106 valence electrons. The Morgan fingerprint density at radius 2 is 2.30 bits per heavy atom. The number of hydrogen-bond acceptors (Lipinski definition) is 3. The zero-order valence-corrected chi connectivity index (χ0v) is 11.7. The number of fused-ring (bicyclic) bond motifs is 1. The molecule has 1 fully saturated rings. The lowest BCUT2D eigenvalue weighted by molar-refractivity contribution is -0.131. The SMILES string of the molecule is CC(NCc1c[nH]c2ncccc12)C(=O)N1CCCC1. The van der Waals surface area contributed by atoms with Crippen molar-refractivity contribution in [1.29, 1.82) is 0 Å². The average molecular weight is 272 g/mol. The van der Waals surface area contributed by atoms with Gasteiger partial charge in [-0.2, -0.15) is 0 Å². The van der Waals surface area contributed by atoms with Crippen LogP contribution in [0.4, 0.5) is 0 Å². The van der Waals surface area contributed by atoms with Gasteiger partial charge in [-0.25, -0.2) is 4.98 Å². The van der Waals surface area contributed by atoms with Gasteiger partial charge in [0.15, 0.2) is 0 Å². The molecule has 0 spiro atoms. The van der Waals surface area contributed by atoms with E-state index in [1.54, 1.807) is 6.20 Å². The quantitative estimate of drug-likeness (QED) is 0.890. The molecule has 0 bridgehead atoms. The van der Waals surface area contributed by atoms with Crippen molar-refractivity contribution in [3.63, 3.8) is 0 Å². The maximum Gasteiger partial charge on any atom is 0.239 e. The molecule has 1 aliphatic heterocycles. The topological polar surface area (TPSA) is 61.0 Å². The fourth-order valence-electron chi connectivity index (χ4n) is 2.72. The molecule has 2 N–H and O–H groups in total. The van der Waals surface area contributed by atoms with Crippen molar-refractivity contribution in [3.8, 4) is 0 Å². The first kappa shape index (κ1) is 13.1. The van der Waals surface area contributed by atoms with E-state index in [-0.39, 0.29) is 11.9 Å². The molecule has 0 saturated carbocycles. The highest BCUT2D eigenvalue weighted by atomic mass is 16.2. The second kappa shape index (κ2) is 5.63. The molecule has 20 heavy (non-hydrogen) atoms. The molecule has 1 saturated heterocycles. The molecule has 0 radical (unpaired) electrons. The van der Waals surface area contributed by atoms with Gasteiger partial charge in [0.05, 0.1) is 6.04 Å². The molecule has 3 rings (SSSR count). The molecule has 1 aliphatic rings. The van der Waals surface area contributed by atoms with Gasteiger partial charge < -0.3 is 15.2 Å². The summed E-state index contributed by atoms with van der Waals surface area (Å²) >= 11 is 0. The zero-order chi connectivity index (χ0) is 13.9. The molecular weight excluding hydrogens is 252 g/mol. The van der Waals surface area contributed by atoms with Crippen molar-refractivity contribution in [1.82, 2.24) is 20.2 Å². The summed E-state index contributed by atoms with van der Waals surface area (Å²) in [6, 6.07) is 3.83. The minimum atomic E-state index is -0.144. The van der Waals surface area contributed by atoms with Crippen LogP contribution in [0.2, 0.25) is 0 Å². The summed E-state index contributed by atoms with van der Waals surface area (Å²) in [5, 5.41) is 4.43. The van der Waals surface area contributed by atoms with E-state index in [2.05, 4.69) is 15.3 Å². The fourth-order valence-corrected chi connectivity index (χ4v) is 2.72. The van der Waals surface area contributed by atoms with E-state index in [0.29, 0.717) is 6.54 Å². The van der Waals surface area contributed by atoms with Crippen LogP contribution in [0.5, 0.6) is 0 Å². The monoisotopic (exact) mass is 272 g/mol. The van der Waals surface area contributed by atoms with Crippen LogP contribution in [0.1, 0.15) is 25.3 Å². The van der Waals surface area contributed by atoms with Gasteiger partial charge in [0, 0.05) is 37.4 Å². The Kier molecular flexibility index (Phi) is 3.69. The first-order valence-electron chi connectivity index (χ1n) is 7.19. The molecule has 1 amide bonds. The predicted octanol–water partition coefficient (Wildman–Crippen LogP) is 1.66. The second-order valence-corrected chi connectivity index (χ2v) is 5.35. The number of hydrogen-bond donors (Lipinski definition) is 2. The summed E-state index contributed by atoms with van der Waals surface area (Å²) in [5.74, 6) is 0.209. The smallest absolute Gasteiger partial charge is 0.239 e. The third-order valence-corrected chi connectivity index (χ3v) is 3.92. The third-order valence-electron chi connectivity index (χ3n) is 3.92. The second-order valence-electron chi connectivity index (χ2n) is 5.35. The van der Waals surface area contributed by atoms with Crippen LogP contribution >= 0.6 is 0 Å².